The molecule has 0 atom stereocenters. The smallest absolute Gasteiger partial charge is 0.272 e. The van der Waals surface area contributed by atoms with Crippen molar-refractivity contribution in [1.29, 1.82) is 0 Å². The first-order valence-corrected chi connectivity index (χ1v) is 8.24. The van der Waals surface area contributed by atoms with E-state index in [1.807, 2.05) is 17.0 Å². The number of hydrogen-bond acceptors (Lipinski definition) is 3. The molecule has 0 radical (unpaired) electrons. The van der Waals surface area contributed by atoms with Gasteiger partial charge in [0.05, 0.1) is 0 Å². The number of rotatable bonds is 2. The molecule has 2 aliphatic heterocycles. The van der Waals surface area contributed by atoms with E-state index >= 15 is 0 Å². The van der Waals surface area contributed by atoms with E-state index in [4.69, 9.17) is 0 Å². The molecule has 0 aliphatic carbocycles. The Morgan fingerprint density at radius 3 is 2.57 bits per heavy atom. The Kier molecular flexibility index (Phi) is 4.42. The van der Waals surface area contributed by atoms with Crippen LogP contribution in [0, 0.1) is 5.92 Å². The van der Waals surface area contributed by atoms with Gasteiger partial charge in [0, 0.05) is 38.1 Å². The van der Waals surface area contributed by atoms with Crippen LogP contribution in [0.25, 0.3) is 0 Å². The van der Waals surface area contributed by atoms with Gasteiger partial charge < -0.3 is 9.80 Å². The monoisotopic (exact) mass is 287 g/mol. The molecule has 0 N–H and O–H groups in total. The van der Waals surface area contributed by atoms with Gasteiger partial charge in [-0.05, 0) is 50.2 Å². The summed E-state index contributed by atoms with van der Waals surface area (Å²) in [5, 5.41) is 0. The number of pyridine rings is 1. The van der Waals surface area contributed by atoms with Crippen molar-refractivity contribution in [3.05, 3.63) is 24.0 Å². The third-order valence-electron chi connectivity index (χ3n) is 4.75. The molecule has 0 saturated carbocycles. The molecule has 114 valence electrons. The van der Waals surface area contributed by atoms with Crippen LogP contribution >= 0.6 is 0 Å². The zero-order valence-electron chi connectivity index (χ0n) is 12.9. The van der Waals surface area contributed by atoms with Gasteiger partial charge in [-0.2, -0.15) is 0 Å². The summed E-state index contributed by atoms with van der Waals surface area (Å²) < 4.78 is 0. The zero-order valence-corrected chi connectivity index (χ0v) is 12.9. The Labute approximate surface area is 127 Å². The van der Waals surface area contributed by atoms with Gasteiger partial charge in [0.25, 0.3) is 5.91 Å². The van der Waals surface area contributed by atoms with Gasteiger partial charge in [-0.25, -0.2) is 0 Å². The maximum atomic E-state index is 12.5. The lowest BCUT2D eigenvalue weighted by Gasteiger charge is -2.32. The molecule has 21 heavy (non-hydrogen) atoms. The Morgan fingerprint density at radius 2 is 1.86 bits per heavy atom. The van der Waals surface area contributed by atoms with Crippen molar-refractivity contribution >= 4 is 11.6 Å². The molecule has 1 aromatic heterocycles. The van der Waals surface area contributed by atoms with Crippen LogP contribution in [0.15, 0.2) is 18.3 Å². The van der Waals surface area contributed by atoms with Crippen molar-refractivity contribution in [2.24, 2.45) is 5.92 Å². The lowest BCUT2D eigenvalue weighted by molar-refractivity contribution is 0.0718. The van der Waals surface area contributed by atoms with Gasteiger partial charge in [0.2, 0.25) is 0 Å². The van der Waals surface area contributed by atoms with E-state index < -0.39 is 0 Å². The number of anilines is 1. The molecule has 4 nitrogen and oxygen atoms in total. The fourth-order valence-corrected chi connectivity index (χ4v) is 3.26. The van der Waals surface area contributed by atoms with E-state index in [-0.39, 0.29) is 5.91 Å². The van der Waals surface area contributed by atoms with Crippen molar-refractivity contribution < 1.29 is 4.79 Å². The van der Waals surface area contributed by atoms with Crippen molar-refractivity contribution in [1.82, 2.24) is 9.88 Å². The molecule has 2 fully saturated rings. The van der Waals surface area contributed by atoms with Crippen LogP contribution in [-0.2, 0) is 0 Å². The Balaban J connectivity index is 1.71. The molecular formula is C17H25N3O. The third-order valence-corrected chi connectivity index (χ3v) is 4.75. The van der Waals surface area contributed by atoms with Crippen molar-refractivity contribution in [3.8, 4) is 0 Å². The predicted octanol–water partition coefficient (Wildman–Crippen LogP) is 2.94. The zero-order chi connectivity index (χ0) is 14.7. The van der Waals surface area contributed by atoms with E-state index in [0.29, 0.717) is 5.69 Å². The summed E-state index contributed by atoms with van der Waals surface area (Å²) in [6, 6.07) is 4.01. The average Bonchev–Trinajstić information content (AvgIpc) is 2.56. The molecule has 1 amide bonds. The molecule has 2 saturated heterocycles. The molecule has 0 spiro atoms. The molecule has 2 aliphatic rings. The first-order chi connectivity index (χ1) is 10.2. The van der Waals surface area contributed by atoms with E-state index in [2.05, 4.69) is 16.8 Å². The summed E-state index contributed by atoms with van der Waals surface area (Å²) in [6.07, 6.45) is 7.73. The van der Waals surface area contributed by atoms with Crippen LogP contribution in [0.2, 0.25) is 0 Å². The van der Waals surface area contributed by atoms with Crippen molar-refractivity contribution in [2.45, 2.75) is 39.0 Å². The highest BCUT2D eigenvalue weighted by atomic mass is 16.2. The lowest BCUT2D eigenvalue weighted by atomic mass is 9.99. The highest BCUT2D eigenvalue weighted by molar-refractivity contribution is 5.93. The van der Waals surface area contributed by atoms with Gasteiger partial charge in [-0.15, -0.1) is 0 Å². The molecule has 1 aromatic rings. The normalized spacial score (nSPS) is 20.6. The van der Waals surface area contributed by atoms with Crippen LogP contribution in [0.5, 0.6) is 0 Å². The molecule has 0 aromatic carbocycles. The van der Waals surface area contributed by atoms with Gasteiger partial charge in [0.15, 0.2) is 0 Å². The van der Waals surface area contributed by atoms with Crippen molar-refractivity contribution in [2.75, 3.05) is 31.1 Å². The maximum Gasteiger partial charge on any atom is 0.272 e. The van der Waals surface area contributed by atoms with Gasteiger partial charge in [-0.1, -0.05) is 6.92 Å². The van der Waals surface area contributed by atoms with Crippen molar-refractivity contribution in [3.63, 3.8) is 0 Å². The second-order valence-corrected chi connectivity index (χ2v) is 6.42. The molecular weight excluding hydrogens is 262 g/mol. The quantitative estimate of drug-likeness (QED) is 0.839. The molecule has 4 heteroatoms. The number of aromatic nitrogens is 1. The van der Waals surface area contributed by atoms with Crippen LogP contribution < -0.4 is 4.90 Å². The van der Waals surface area contributed by atoms with Crippen LogP contribution in [-0.4, -0.2) is 42.0 Å². The van der Waals surface area contributed by atoms with Crippen LogP contribution in [0.4, 0.5) is 5.69 Å². The van der Waals surface area contributed by atoms with E-state index in [1.165, 1.54) is 19.3 Å². The number of hydrogen-bond donors (Lipinski definition) is 0. The number of carbonyl (C=O) groups is 1. The molecule has 3 rings (SSSR count). The Hall–Kier alpha value is -1.58. The average molecular weight is 287 g/mol. The highest BCUT2D eigenvalue weighted by Gasteiger charge is 2.21. The first-order valence-electron chi connectivity index (χ1n) is 8.24. The minimum absolute atomic E-state index is 0.0990. The largest absolute Gasteiger partial charge is 0.371 e. The van der Waals surface area contributed by atoms with Gasteiger partial charge in [0.1, 0.15) is 5.69 Å². The van der Waals surface area contributed by atoms with Crippen LogP contribution in [0.3, 0.4) is 0 Å². The fraction of sp³-hybridized carbons (Fsp3) is 0.647. The third kappa shape index (κ3) is 3.36. The maximum absolute atomic E-state index is 12.5. The SMILES string of the molecule is CC1CCN(c2ccnc(C(=O)N3CCCCC3)c2)CC1. The van der Waals surface area contributed by atoms with E-state index in [1.54, 1.807) is 6.20 Å². The summed E-state index contributed by atoms with van der Waals surface area (Å²) >= 11 is 0. The van der Waals surface area contributed by atoms with Gasteiger partial charge >= 0.3 is 0 Å². The Bertz CT molecular complexity index is 489. The molecule has 0 unspecified atom stereocenters. The van der Waals surface area contributed by atoms with E-state index in [0.717, 1.165) is 50.6 Å². The van der Waals surface area contributed by atoms with Gasteiger partial charge in [-0.3, -0.25) is 9.78 Å². The lowest BCUT2D eigenvalue weighted by Crippen LogP contribution is -2.36. The second kappa shape index (κ2) is 6.46. The fourth-order valence-electron chi connectivity index (χ4n) is 3.26. The number of piperidine rings is 2. The topological polar surface area (TPSA) is 36.4 Å². The summed E-state index contributed by atoms with van der Waals surface area (Å²) in [4.78, 5) is 21.2. The molecule has 0 bridgehead atoms. The number of amides is 1. The number of nitrogens with zero attached hydrogens (tertiary/aromatic N) is 3. The Morgan fingerprint density at radius 1 is 1.14 bits per heavy atom. The minimum atomic E-state index is 0.0990. The summed E-state index contributed by atoms with van der Waals surface area (Å²) in [7, 11) is 0. The summed E-state index contributed by atoms with van der Waals surface area (Å²) in [5.41, 5.74) is 1.75. The highest BCUT2D eigenvalue weighted by Crippen LogP contribution is 2.23. The van der Waals surface area contributed by atoms with E-state index in [9.17, 15) is 4.79 Å². The predicted molar refractivity (Wildman–Crippen MR) is 84.6 cm³/mol. The first kappa shape index (κ1) is 14.4. The number of likely N-dealkylation sites (tertiary alicyclic amines) is 1. The standard InChI is InChI=1S/C17H25N3O/c1-14-6-11-19(12-7-14)15-5-8-18-16(13-15)17(21)20-9-3-2-4-10-20/h5,8,13-14H,2-4,6-7,9-12H2,1H3. The minimum Gasteiger partial charge on any atom is -0.371 e. The number of carbonyl (C=O) groups excluding carboxylic acids is 1. The summed E-state index contributed by atoms with van der Waals surface area (Å²) in [5.74, 6) is 0.916. The van der Waals surface area contributed by atoms with Crippen LogP contribution in [0.1, 0.15) is 49.5 Å². The second-order valence-electron chi connectivity index (χ2n) is 6.42. The summed E-state index contributed by atoms with van der Waals surface area (Å²) in [6.45, 7) is 6.25. The molecule has 3 heterocycles.